The summed E-state index contributed by atoms with van der Waals surface area (Å²) in [5.74, 6) is 0. The van der Waals surface area contributed by atoms with Crippen molar-refractivity contribution in [2.24, 2.45) is 5.73 Å². The van der Waals surface area contributed by atoms with Gasteiger partial charge in [0, 0.05) is 5.69 Å². The van der Waals surface area contributed by atoms with Gasteiger partial charge in [-0.3, -0.25) is 0 Å². The van der Waals surface area contributed by atoms with Gasteiger partial charge in [-0.1, -0.05) is 45.2 Å². The molecule has 0 saturated heterocycles. The molecule has 2 nitrogen and oxygen atoms in total. The second-order valence-electron chi connectivity index (χ2n) is 2.77. The van der Waals surface area contributed by atoms with Gasteiger partial charge >= 0.3 is 0 Å². The third kappa shape index (κ3) is 4.51. The van der Waals surface area contributed by atoms with E-state index in [1.54, 1.807) is 12.2 Å². The molecule has 0 atom stereocenters. The first-order valence-electron chi connectivity index (χ1n) is 5.34. The SMILES string of the molecule is C=C/C(N)=C(\C=C)Nc1ccccc1.CC. The van der Waals surface area contributed by atoms with Crippen LogP contribution in [0.1, 0.15) is 13.8 Å². The molecule has 0 spiro atoms. The largest absolute Gasteiger partial charge is 0.397 e. The first-order valence-corrected chi connectivity index (χ1v) is 5.34. The Hall–Kier alpha value is -1.96. The van der Waals surface area contributed by atoms with E-state index >= 15 is 0 Å². The summed E-state index contributed by atoms with van der Waals surface area (Å²) in [6, 6.07) is 9.78. The van der Waals surface area contributed by atoms with Gasteiger partial charge in [-0.2, -0.15) is 0 Å². The van der Waals surface area contributed by atoms with Crippen molar-refractivity contribution in [3.8, 4) is 0 Å². The molecule has 0 aliphatic heterocycles. The third-order valence-corrected chi connectivity index (χ3v) is 1.79. The molecule has 2 heteroatoms. The number of allylic oxidation sites excluding steroid dienone is 2. The van der Waals surface area contributed by atoms with Gasteiger partial charge in [0.2, 0.25) is 0 Å². The lowest BCUT2D eigenvalue weighted by Gasteiger charge is -2.08. The lowest BCUT2D eigenvalue weighted by Crippen LogP contribution is -2.05. The molecule has 16 heavy (non-hydrogen) atoms. The van der Waals surface area contributed by atoms with Gasteiger partial charge in [0.15, 0.2) is 0 Å². The van der Waals surface area contributed by atoms with Crippen molar-refractivity contribution in [3.63, 3.8) is 0 Å². The first-order chi connectivity index (χ1) is 7.77. The molecule has 0 saturated carbocycles. The number of benzene rings is 1. The fourth-order valence-electron chi connectivity index (χ4n) is 1.03. The summed E-state index contributed by atoms with van der Waals surface area (Å²) in [6.45, 7) is 11.3. The monoisotopic (exact) mass is 216 g/mol. The second kappa shape index (κ2) is 8.36. The van der Waals surface area contributed by atoms with E-state index in [4.69, 9.17) is 5.73 Å². The highest BCUT2D eigenvalue weighted by Crippen LogP contribution is 2.10. The average molecular weight is 216 g/mol. The van der Waals surface area contributed by atoms with Crippen LogP contribution in [0.5, 0.6) is 0 Å². The van der Waals surface area contributed by atoms with Gasteiger partial charge in [0.05, 0.1) is 11.4 Å². The van der Waals surface area contributed by atoms with Gasteiger partial charge in [0.25, 0.3) is 0 Å². The smallest absolute Gasteiger partial charge is 0.0611 e. The van der Waals surface area contributed by atoms with Crippen molar-refractivity contribution in [2.75, 3.05) is 5.32 Å². The van der Waals surface area contributed by atoms with E-state index in [0.29, 0.717) is 5.70 Å². The lowest BCUT2D eigenvalue weighted by atomic mass is 10.2. The number of hydrogen-bond acceptors (Lipinski definition) is 2. The number of nitrogens with one attached hydrogen (secondary N) is 1. The summed E-state index contributed by atoms with van der Waals surface area (Å²) in [7, 11) is 0. The van der Waals surface area contributed by atoms with E-state index in [9.17, 15) is 0 Å². The summed E-state index contributed by atoms with van der Waals surface area (Å²) in [4.78, 5) is 0. The van der Waals surface area contributed by atoms with Crippen molar-refractivity contribution in [1.29, 1.82) is 0 Å². The van der Waals surface area contributed by atoms with Crippen LogP contribution in [0.4, 0.5) is 5.69 Å². The third-order valence-electron chi connectivity index (χ3n) is 1.79. The van der Waals surface area contributed by atoms with Crippen molar-refractivity contribution < 1.29 is 0 Å². The van der Waals surface area contributed by atoms with Crippen LogP contribution in [-0.2, 0) is 0 Å². The van der Waals surface area contributed by atoms with Crippen molar-refractivity contribution in [3.05, 3.63) is 67.0 Å². The Bertz CT molecular complexity index is 350. The molecule has 0 aromatic heterocycles. The Morgan fingerprint density at radius 3 is 2.12 bits per heavy atom. The van der Waals surface area contributed by atoms with Crippen LogP contribution in [0.3, 0.4) is 0 Å². The summed E-state index contributed by atoms with van der Waals surface area (Å²) in [5.41, 5.74) is 8.04. The molecule has 0 radical (unpaired) electrons. The zero-order valence-corrected chi connectivity index (χ0v) is 10.0. The zero-order valence-electron chi connectivity index (χ0n) is 10.0. The Morgan fingerprint density at radius 2 is 1.69 bits per heavy atom. The normalized spacial score (nSPS) is 10.4. The molecule has 0 amide bonds. The molecule has 1 rings (SSSR count). The predicted octanol–water partition coefficient (Wildman–Crippen LogP) is 3.67. The Morgan fingerprint density at radius 1 is 1.12 bits per heavy atom. The van der Waals surface area contributed by atoms with Crippen molar-refractivity contribution in [2.45, 2.75) is 13.8 Å². The molecule has 86 valence electrons. The fourth-order valence-corrected chi connectivity index (χ4v) is 1.03. The number of hydrogen-bond donors (Lipinski definition) is 2. The van der Waals surface area contributed by atoms with E-state index in [2.05, 4.69) is 18.5 Å². The molecule has 0 unspecified atom stereocenters. The summed E-state index contributed by atoms with van der Waals surface area (Å²) < 4.78 is 0. The number of rotatable bonds is 4. The van der Waals surface area contributed by atoms with E-state index < -0.39 is 0 Å². The Balaban J connectivity index is 0.00000106. The van der Waals surface area contributed by atoms with E-state index in [1.807, 2.05) is 44.2 Å². The number of para-hydroxylation sites is 1. The summed E-state index contributed by atoms with van der Waals surface area (Å²) >= 11 is 0. The predicted molar refractivity (Wildman–Crippen MR) is 73.0 cm³/mol. The van der Waals surface area contributed by atoms with Gasteiger partial charge in [-0.25, -0.2) is 0 Å². The minimum atomic E-state index is 0.587. The summed E-state index contributed by atoms with van der Waals surface area (Å²) in [6.07, 6.45) is 3.26. The molecular formula is C14H20N2. The van der Waals surface area contributed by atoms with Crippen LogP contribution in [0.2, 0.25) is 0 Å². The first kappa shape index (κ1) is 14.0. The minimum absolute atomic E-state index is 0.587. The Labute approximate surface area is 98.2 Å². The van der Waals surface area contributed by atoms with Crippen LogP contribution in [-0.4, -0.2) is 0 Å². The van der Waals surface area contributed by atoms with E-state index in [1.165, 1.54) is 0 Å². The molecule has 1 aromatic rings. The van der Waals surface area contributed by atoms with Gasteiger partial charge in [-0.15, -0.1) is 0 Å². The number of anilines is 1. The summed E-state index contributed by atoms with van der Waals surface area (Å²) in [5, 5.41) is 3.14. The topological polar surface area (TPSA) is 38.0 Å². The zero-order chi connectivity index (χ0) is 12.4. The minimum Gasteiger partial charge on any atom is -0.397 e. The highest BCUT2D eigenvalue weighted by molar-refractivity contribution is 5.52. The fraction of sp³-hybridized carbons (Fsp3) is 0.143. The average Bonchev–Trinajstić information content (AvgIpc) is 2.38. The van der Waals surface area contributed by atoms with Crippen LogP contribution in [0, 0.1) is 0 Å². The van der Waals surface area contributed by atoms with E-state index in [-0.39, 0.29) is 0 Å². The Kier molecular flexibility index (Phi) is 7.33. The van der Waals surface area contributed by atoms with Crippen molar-refractivity contribution >= 4 is 5.69 Å². The van der Waals surface area contributed by atoms with Gasteiger partial charge < -0.3 is 11.1 Å². The maximum absolute atomic E-state index is 5.70. The quantitative estimate of drug-likeness (QED) is 0.754. The molecule has 0 heterocycles. The van der Waals surface area contributed by atoms with Crippen LogP contribution >= 0.6 is 0 Å². The van der Waals surface area contributed by atoms with Gasteiger partial charge in [0.1, 0.15) is 0 Å². The lowest BCUT2D eigenvalue weighted by molar-refractivity contribution is 1.32. The molecule has 1 aromatic carbocycles. The van der Waals surface area contributed by atoms with E-state index in [0.717, 1.165) is 11.4 Å². The van der Waals surface area contributed by atoms with Crippen molar-refractivity contribution in [1.82, 2.24) is 0 Å². The van der Waals surface area contributed by atoms with Crippen LogP contribution < -0.4 is 11.1 Å². The molecular weight excluding hydrogens is 196 g/mol. The highest BCUT2D eigenvalue weighted by atomic mass is 14.9. The number of nitrogens with two attached hydrogens (primary N) is 1. The van der Waals surface area contributed by atoms with Crippen LogP contribution in [0.25, 0.3) is 0 Å². The standard InChI is InChI=1S/C12H14N2.C2H6/c1-3-11(13)12(4-2)14-10-8-6-5-7-9-10;1-2/h3-9,14H,1-2,13H2;1-2H3/b12-11-;. The molecule has 0 aliphatic carbocycles. The molecule has 0 fully saturated rings. The maximum atomic E-state index is 5.70. The molecule has 0 aliphatic rings. The van der Waals surface area contributed by atoms with Crippen LogP contribution in [0.15, 0.2) is 67.0 Å². The second-order valence-corrected chi connectivity index (χ2v) is 2.77. The van der Waals surface area contributed by atoms with Gasteiger partial charge in [-0.05, 0) is 24.3 Å². The molecule has 3 N–H and O–H groups in total. The molecule has 0 bridgehead atoms. The highest BCUT2D eigenvalue weighted by Gasteiger charge is 1.96. The maximum Gasteiger partial charge on any atom is 0.0611 e.